The van der Waals surface area contributed by atoms with Gasteiger partial charge in [-0.15, -0.1) is 0 Å². The molecule has 0 fully saturated rings. The number of rotatable bonds is 6. The first-order chi connectivity index (χ1) is 9.54. The van der Waals surface area contributed by atoms with E-state index in [9.17, 15) is 0 Å². The minimum absolute atomic E-state index is 0.532. The molecule has 1 N–H and O–H groups in total. The number of aromatic nitrogens is 1. The summed E-state index contributed by atoms with van der Waals surface area (Å²) in [6, 6.07) is 1.07. The van der Waals surface area contributed by atoms with E-state index in [0.29, 0.717) is 18.0 Å². The number of thiazole rings is 1. The van der Waals surface area contributed by atoms with Gasteiger partial charge in [0.2, 0.25) is 0 Å². The van der Waals surface area contributed by atoms with Crippen LogP contribution in [0.2, 0.25) is 0 Å². The SMILES string of the molecule is CCCNC1CCCc2nc(N(C)C(C)C(C)C)sc21. The number of aryl methyl sites for hydroxylation is 1. The Bertz CT molecular complexity index is 427. The average molecular weight is 295 g/mol. The molecule has 1 aliphatic carbocycles. The van der Waals surface area contributed by atoms with Gasteiger partial charge in [-0.05, 0) is 45.1 Å². The van der Waals surface area contributed by atoms with E-state index in [2.05, 4.69) is 45.0 Å². The van der Waals surface area contributed by atoms with Crippen LogP contribution in [0.15, 0.2) is 0 Å². The predicted octanol–water partition coefficient (Wildman–Crippen LogP) is 4.00. The monoisotopic (exact) mass is 295 g/mol. The minimum atomic E-state index is 0.532. The molecule has 4 heteroatoms. The zero-order valence-corrected chi connectivity index (χ0v) is 14.4. The van der Waals surface area contributed by atoms with E-state index in [0.717, 1.165) is 13.0 Å². The van der Waals surface area contributed by atoms with Crippen LogP contribution in [-0.2, 0) is 6.42 Å². The lowest BCUT2D eigenvalue weighted by Gasteiger charge is -2.27. The van der Waals surface area contributed by atoms with Gasteiger partial charge in [0, 0.05) is 24.0 Å². The maximum absolute atomic E-state index is 4.92. The minimum Gasteiger partial charge on any atom is -0.348 e. The number of nitrogens with one attached hydrogen (secondary N) is 1. The molecule has 0 amide bonds. The Kier molecular flexibility index (Phi) is 5.44. The molecule has 1 heterocycles. The van der Waals surface area contributed by atoms with Crippen molar-refractivity contribution in [3.05, 3.63) is 10.6 Å². The summed E-state index contributed by atoms with van der Waals surface area (Å²) in [7, 11) is 2.18. The quantitative estimate of drug-likeness (QED) is 0.860. The van der Waals surface area contributed by atoms with Crippen molar-refractivity contribution in [2.75, 3.05) is 18.5 Å². The summed E-state index contributed by atoms with van der Waals surface area (Å²) in [6.45, 7) is 10.2. The van der Waals surface area contributed by atoms with Crippen LogP contribution in [0.4, 0.5) is 5.13 Å². The average Bonchev–Trinajstić information content (AvgIpc) is 2.87. The van der Waals surface area contributed by atoms with Gasteiger partial charge in [0.25, 0.3) is 0 Å². The Morgan fingerprint density at radius 3 is 2.80 bits per heavy atom. The summed E-state index contributed by atoms with van der Waals surface area (Å²) in [4.78, 5) is 8.76. The third-order valence-corrected chi connectivity index (χ3v) is 5.76. The normalized spacial score (nSPS) is 20.0. The molecule has 20 heavy (non-hydrogen) atoms. The van der Waals surface area contributed by atoms with Gasteiger partial charge in [-0.2, -0.15) is 0 Å². The highest BCUT2D eigenvalue weighted by Crippen LogP contribution is 2.38. The second kappa shape index (κ2) is 6.90. The Morgan fingerprint density at radius 1 is 1.40 bits per heavy atom. The zero-order chi connectivity index (χ0) is 14.7. The predicted molar refractivity (Wildman–Crippen MR) is 88.8 cm³/mol. The second-order valence-corrected chi connectivity index (χ2v) is 7.31. The van der Waals surface area contributed by atoms with Crippen LogP contribution in [0.25, 0.3) is 0 Å². The summed E-state index contributed by atoms with van der Waals surface area (Å²) in [6.07, 6.45) is 4.88. The van der Waals surface area contributed by atoms with Gasteiger partial charge in [0.15, 0.2) is 5.13 Å². The van der Waals surface area contributed by atoms with Gasteiger partial charge in [0.1, 0.15) is 0 Å². The molecule has 2 unspecified atom stereocenters. The van der Waals surface area contributed by atoms with Crippen LogP contribution in [0.5, 0.6) is 0 Å². The molecule has 0 aromatic carbocycles. The van der Waals surface area contributed by atoms with Crippen molar-refractivity contribution in [1.29, 1.82) is 0 Å². The van der Waals surface area contributed by atoms with Crippen molar-refractivity contribution in [3.8, 4) is 0 Å². The number of nitrogens with zero attached hydrogens (tertiary/aromatic N) is 2. The first-order valence-electron chi connectivity index (χ1n) is 8.00. The molecular weight excluding hydrogens is 266 g/mol. The molecule has 1 aliphatic rings. The zero-order valence-electron chi connectivity index (χ0n) is 13.6. The maximum atomic E-state index is 4.92. The molecule has 1 aromatic heterocycles. The van der Waals surface area contributed by atoms with E-state index in [1.165, 1.54) is 35.0 Å². The van der Waals surface area contributed by atoms with Gasteiger partial charge in [-0.3, -0.25) is 0 Å². The summed E-state index contributed by atoms with van der Waals surface area (Å²) < 4.78 is 0. The van der Waals surface area contributed by atoms with Crippen molar-refractivity contribution < 1.29 is 0 Å². The van der Waals surface area contributed by atoms with Crippen molar-refractivity contribution in [3.63, 3.8) is 0 Å². The summed E-state index contributed by atoms with van der Waals surface area (Å²) >= 11 is 1.90. The van der Waals surface area contributed by atoms with Gasteiger partial charge in [-0.25, -0.2) is 4.98 Å². The summed E-state index contributed by atoms with van der Waals surface area (Å²) in [5.74, 6) is 0.648. The van der Waals surface area contributed by atoms with Crippen LogP contribution in [-0.4, -0.2) is 24.6 Å². The first-order valence-corrected chi connectivity index (χ1v) is 8.82. The van der Waals surface area contributed by atoms with E-state index in [1.54, 1.807) is 0 Å². The molecule has 0 radical (unpaired) electrons. The van der Waals surface area contributed by atoms with Crippen molar-refractivity contribution in [2.45, 2.75) is 65.5 Å². The van der Waals surface area contributed by atoms with Gasteiger partial charge in [-0.1, -0.05) is 32.1 Å². The fraction of sp³-hybridized carbons (Fsp3) is 0.812. The molecule has 114 valence electrons. The largest absolute Gasteiger partial charge is 0.348 e. The van der Waals surface area contributed by atoms with E-state index in [4.69, 9.17) is 4.98 Å². The van der Waals surface area contributed by atoms with Crippen LogP contribution >= 0.6 is 11.3 Å². The van der Waals surface area contributed by atoms with Crippen molar-refractivity contribution in [2.24, 2.45) is 5.92 Å². The third kappa shape index (κ3) is 3.34. The van der Waals surface area contributed by atoms with Crippen LogP contribution in [0.1, 0.15) is 63.6 Å². The van der Waals surface area contributed by atoms with Crippen molar-refractivity contribution >= 4 is 16.5 Å². The molecule has 0 spiro atoms. The second-order valence-electron chi connectivity index (χ2n) is 6.30. The van der Waals surface area contributed by atoms with Crippen LogP contribution < -0.4 is 10.2 Å². The number of hydrogen-bond donors (Lipinski definition) is 1. The van der Waals surface area contributed by atoms with Gasteiger partial charge in [0.05, 0.1) is 5.69 Å². The fourth-order valence-corrected chi connectivity index (χ4v) is 3.96. The van der Waals surface area contributed by atoms with E-state index < -0.39 is 0 Å². The van der Waals surface area contributed by atoms with Gasteiger partial charge < -0.3 is 10.2 Å². The molecule has 0 bridgehead atoms. The highest BCUT2D eigenvalue weighted by Gasteiger charge is 2.26. The van der Waals surface area contributed by atoms with Crippen LogP contribution in [0, 0.1) is 5.92 Å². The highest BCUT2D eigenvalue weighted by molar-refractivity contribution is 7.15. The first kappa shape index (κ1) is 15.8. The maximum Gasteiger partial charge on any atom is 0.185 e. The Hall–Kier alpha value is -0.610. The third-order valence-electron chi connectivity index (χ3n) is 4.46. The lowest BCUT2D eigenvalue weighted by atomic mass is 9.98. The summed E-state index contributed by atoms with van der Waals surface area (Å²) in [5, 5.41) is 4.88. The number of fused-ring (bicyclic) bond motifs is 1. The molecule has 3 nitrogen and oxygen atoms in total. The molecule has 2 atom stereocenters. The Morgan fingerprint density at radius 2 is 2.15 bits per heavy atom. The lowest BCUT2D eigenvalue weighted by Crippen LogP contribution is -2.33. The smallest absolute Gasteiger partial charge is 0.185 e. The molecule has 1 aromatic rings. The fourth-order valence-electron chi connectivity index (χ4n) is 2.69. The standard InChI is InChI=1S/C16H29N3S/c1-6-10-17-13-8-7-9-14-15(13)20-16(18-14)19(5)12(4)11(2)3/h11-13,17H,6-10H2,1-5H3. The van der Waals surface area contributed by atoms with Crippen molar-refractivity contribution in [1.82, 2.24) is 10.3 Å². The van der Waals surface area contributed by atoms with E-state index in [-0.39, 0.29) is 0 Å². The topological polar surface area (TPSA) is 28.2 Å². The van der Waals surface area contributed by atoms with Gasteiger partial charge >= 0.3 is 0 Å². The molecule has 2 rings (SSSR count). The van der Waals surface area contributed by atoms with Crippen LogP contribution in [0.3, 0.4) is 0 Å². The molecule has 0 saturated carbocycles. The van der Waals surface area contributed by atoms with E-state index >= 15 is 0 Å². The molecule has 0 aliphatic heterocycles. The molecule has 0 saturated heterocycles. The number of anilines is 1. The summed E-state index contributed by atoms with van der Waals surface area (Å²) in [5.41, 5.74) is 1.34. The molecular formula is C16H29N3S. The lowest BCUT2D eigenvalue weighted by molar-refractivity contribution is 0.464. The highest BCUT2D eigenvalue weighted by atomic mass is 32.1. The van der Waals surface area contributed by atoms with E-state index in [1.807, 2.05) is 11.3 Å². The Labute approximate surface area is 127 Å². The number of hydrogen-bond acceptors (Lipinski definition) is 4. The Balaban J connectivity index is 2.16.